The summed E-state index contributed by atoms with van der Waals surface area (Å²) in [7, 11) is 0. The highest BCUT2D eigenvalue weighted by atomic mass is 16.8. The fourth-order valence-corrected chi connectivity index (χ4v) is 17.2. The maximum Gasteiger partial charge on any atom is 0.187 e. The van der Waals surface area contributed by atoms with E-state index in [0.717, 1.165) is 24.8 Å². The van der Waals surface area contributed by atoms with E-state index < -0.39 is 196 Å². The van der Waals surface area contributed by atoms with E-state index in [0.29, 0.717) is 38.5 Å². The van der Waals surface area contributed by atoms with Gasteiger partial charge in [-0.05, 0) is 124 Å². The van der Waals surface area contributed by atoms with Gasteiger partial charge < -0.3 is 129 Å². The molecule has 9 fully saturated rings. The lowest BCUT2D eigenvalue weighted by Crippen LogP contribution is -2.68. The van der Waals surface area contributed by atoms with Crippen molar-refractivity contribution < 1.29 is 129 Å². The molecule has 0 radical (unpaired) electrons. The van der Waals surface area contributed by atoms with Crippen LogP contribution in [0.5, 0.6) is 0 Å². The average Bonchev–Trinajstić information content (AvgIpc) is 1.22. The molecule has 26 heteroatoms. The van der Waals surface area contributed by atoms with Crippen molar-refractivity contribution in [2.24, 2.45) is 45.3 Å². The van der Waals surface area contributed by atoms with E-state index in [2.05, 4.69) is 40.7 Å². The summed E-state index contributed by atoms with van der Waals surface area (Å²) in [5, 5.41) is 175. The standard InChI is InChI=1S/C58H98O26/c1-24(2)10-9-14-58(8,84-51-46(74)41(69)40(68)31(80-51)23-77-49-44(72)36(64)27(62)21-75-49)25-11-16-57(7)35(25)26(61)18-33-55(5)15-13-34(54(3,4)32(55)12-17-56(33,57)6)81-52-47(42(70)38(66)29(19-59)78-52)83-53-48(43(71)39(67)30(20-60)79-53)82-50-45(73)37(65)28(63)22-76-50/h10,25-53,59-74H,9,11-23H2,1-8H3/t25-,26+,27+,28+,29+,30+,31+,32-,33+,34-,35?,36-,37-,38+,39+,40+,41-,42-,43-,44+,45+,46+,47+,48+,49-,50-,51-,52-,53-,55-,56+,57+,58-/m0/s1. The number of allylic oxidation sites excluding steroid dienone is 2. The second-order valence-electron chi connectivity index (χ2n) is 27.7. The molecule has 1 unspecified atom stereocenters. The van der Waals surface area contributed by atoms with Crippen LogP contribution in [0.2, 0.25) is 0 Å². The molecule has 5 heterocycles. The smallest absolute Gasteiger partial charge is 0.187 e. The molecule has 0 spiro atoms. The molecule has 486 valence electrons. The lowest BCUT2D eigenvalue weighted by Gasteiger charge is -2.71. The Morgan fingerprint density at radius 2 is 1.04 bits per heavy atom. The summed E-state index contributed by atoms with van der Waals surface area (Å²) in [6, 6.07) is 0. The number of ether oxygens (including phenoxy) is 10. The van der Waals surface area contributed by atoms with Crippen molar-refractivity contribution in [3.63, 3.8) is 0 Å². The van der Waals surface area contributed by atoms with Gasteiger partial charge in [0.05, 0.1) is 50.8 Å². The summed E-state index contributed by atoms with van der Waals surface area (Å²) >= 11 is 0. The van der Waals surface area contributed by atoms with Gasteiger partial charge in [-0.3, -0.25) is 0 Å². The van der Waals surface area contributed by atoms with Crippen molar-refractivity contribution in [3.8, 4) is 0 Å². The molecule has 9 rings (SSSR count). The van der Waals surface area contributed by atoms with Gasteiger partial charge in [-0.1, -0.05) is 46.3 Å². The van der Waals surface area contributed by atoms with Gasteiger partial charge in [0, 0.05) is 0 Å². The molecule has 84 heavy (non-hydrogen) atoms. The summed E-state index contributed by atoms with van der Waals surface area (Å²) in [5.41, 5.74) is -1.75. The third-order valence-corrected chi connectivity index (χ3v) is 22.2. The fraction of sp³-hybridized carbons (Fsp3) is 0.966. The number of aliphatic hydroxyl groups is 16. The van der Waals surface area contributed by atoms with Gasteiger partial charge in [-0.2, -0.15) is 0 Å². The highest BCUT2D eigenvalue weighted by Crippen LogP contribution is 2.76. The first-order valence-electron chi connectivity index (χ1n) is 30.2. The van der Waals surface area contributed by atoms with E-state index in [9.17, 15) is 81.7 Å². The Morgan fingerprint density at radius 3 is 1.62 bits per heavy atom. The predicted octanol–water partition coefficient (Wildman–Crippen LogP) is -3.10. The SMILES string of the molecule is CC(C)=CCC[C@](C)(O[C@@H]1O[C@H](CO[C@@H]2OC[C@@H](O)[C@H](O)[C@H]2O)[C@@H](O)[C@H](O)[C@H]1O)[C@H]1CC[C@]2(C)C1[C@H](O)C[C@@H]1[C@@]3(C)CC[C@H](O[C@@H]4O[C@H](CO)[C@@H](O)[C@H](O)[C@H]4O[C@@H]4O[C@H](CO)[C@@H](O)[C@H](O)[C@H]4O[C@@H]4OC[C@@H](O)[C@H](O)[C@H]4O)C(C)(C)[C@@H]3CC[C@]12C. The zero-order valence-electron chi connectivity index (χ0n) is 49.5. The van der Waals surface area contributed by atoms with Crippen molar-refractivity contribution >= 4 is 0 Å². The molecule has 4 aliphatic carbocycles. The van der Waals surface area contributed by atoms with Crippen LogP contribution in [0.15, 0.2) is 11.6 Å². The Balaban J connectivity index is 0.934. The van der Waals surface area contributed by atoms with Crippen LogP contribution < -0.4 is 0 Å². The number of fused-ring (bicyclic) bond motifs is 5. The van der Waals surface area contributed by atoms with Crippen LogP contribution in [0.1, 0.15) is 113 Å². The van der Waals surface area contributed by atoms with E-state index in [-0.39, 0.29) is 41.1 Å². The molecule has 26 nitrogen and oxygen atoms in total. The van der Waals surface area contributed by atoms with Crippen molar-refractivity contribution in [1.82, 2.24) is 0 Å². The highest BCUT2D eigenvalue weighted by Gasteiger charge is 2.72. The topological polar surface area (TPSA) is 416 Å². The number of rotatable bonds is 17. The zero-order valence-corrected chi connectivity index (χ0v) is 49.5. The molecule has 4 saturated carbocycles. The third-order valence-electron chi connectivity index (χ3n) is 22.2. The van der Waals surface area contributed by atoms with Gasteiger partial charge in [0.25, 0.3) is 0 Å². The predicted molar refractivity (Wildman–Crippen MR) is 287 cm³/mol. The molecule has 5 aliphatic heterocycles. The van der Waals surface area contributed by atoms with Gasteiger partial charge in [0.2, 0.25) is 0 Å². The van der Waals surface area contributed by atoms with Gasteiger partial charge in [0.15, 0.2) is 31.5 Å². The molecule has 9 aliphatic rings. The summed E-state index contributed by atoms with van der Waals surface area (Å²) < 4.78 is 60.9. The summed E-state index contributed by atoms with van der Waals surface area (Å²) in [5.74, 6) is -0.576. The van der Waals surface area contributed by atoms with E-state index in [4.69, 9.17) is 47.4 Å². The second kappa shape index (κ2) is 25.8. The second-order valence-corrected chi connectivity index (χ2v) is 27.7. The summed E-state index contributed by atoms with van der Waals surface area (Å²) in [6.45, 7) is 14.3. The lowest BCUT2D eigenvalue weighted by molar-refractivity contribution is -0.395. The van der Waals surface area contributed by atoms with Gasteiger partial charge in [-0.15, -0.1) is 0 Å². The van der Waals surface area contributed by atoms with Crippen molar-refractivity contribution in [3.05, 3.63) is 11.6 Å². The third kappa shape index (κ3) is 12.0. The number of hydrogen-bond donors (Lipinski definition) is 16. The van der Waals surface area contributed by atoms with Crippen LogP contribution in [0.4, 0.5) is 0 Å². The number of aliphatic hydroxyl groups excluding tert-OH is 16. The minimum Gasteiger partial charge on any atom is -0.394 e. The Bertz CT molecular complexity index is 2210. The van der Waals surface area contributed by atoms with Crippen molar-refractivity contribution in [2.45, 2.75) is 272 Å². The van der Waals surface area contributed by atoms with Crippen LogP contribution in [0, 0.1) is 45.3 Å². The van der Waals surface area contributed by atoms with E-state index >= 15 is 0 Å². The molecular formula is C58H98O26. The van der Waals surface area contributed by atoms with Crippen LogP contribution in [-0.4, -0.2) is 274 Å². The maximum absolute atomic E-state index is 12.9. The molecular weight excluding hydrogens is 1110 g/mol. The Labute approximate surface area is 490 Å². The molecule has 0 aromatic carbocycles. The largest absolute Gasteiger partial charge is 0.394 e. The quantitative estimate of drug-likeness (QED) is 0.0507. The molecule has 0 amide bonds. The molecule has 33 atom stereocenters. The normalized spacial score (nSPS) is 53.0. The first-order valence-corrected chi connectivity index (χ1v) is 30.2. The fourth-order valence-electron chi connectivity index (χ4n) is 17.2. The molecule has 0 aromatic rings. The maximum atomic E-state index is 12.9. The van der Waals surface area contributed by atoms with Gasteiger partial charge in [-0.25, -0.2) is 0 Å². The lowest BCUT2D eigenvalue weighted by atomic mass is 9.35. The minimum atomic E-state index is -1.88. The Kier molecular flexibility index (Phi) is 20.6. The zero-order chi connectivity index (χ0) is 61.5. The Morgan fingerprint density at radius 1 is 0.524 bits per heavy atom. The van der Waals surface area contributed by atoms with E-state index in [1.165, 1.54) is 0 Å². The van der Waals surface area contributed by atoms with Crippen molar-refractivity contribution in [2.75, 3.05) is 33.0 Å². The summed E-state index contributed by atoms with van der Waals surface area (Å²) in [4.78, 5) is 0. The molecule has 16 N–H and O–H groups in total. The van der Waals surface area contributed by atoms with Crippen LogP contribution >= 0.6 is 0 Å². The van der Waals surface area contributed by atoms with Crippen LogP contribution in [0.25, 0.3) is 0 Å². The first-order chi connectivity index (χ1) is 39.4. The molecule has 5 saturated heterocycles. The molecule has 0 aromatic heterocycles. The minimum absolute atomic E-state index is 0.00387. The van der Waals surface area contributed by atoms with Gasteiger partial charge >= 0.3 is 0 Å². The molecule has 0 bridgehead atoms. The summed E-state index contributed by atoms with van der Waals surface area (Å²) in [6.07, 6.45) is -30.9. The van der Waals surface area contributed by atoms with E-state index in [1.54, 1.807) is 0 Å². The number of hydrogen-bond acceptors (Lipinski definition) is 26. The average molecular weight is 1210 g/mol. The first kappa shape index (κ1) is 67.1. The van der Waals surface area contributed by atoms with Crippen LogP contribution in [0.3, 0.4) is 0 Å². The monoisotopic (exact) mass is 1210 g/mol. The van der Waals surface area contributed by atoms with Crippen molar-refractivity contribution in [1.29, 1.82) is 0 Å². The van der Waals surface area contributed by atoms with E-state index in [1.807, 2.05) is 20.8 Å². The van der Waals surface area contributed by atoms with Gasteiger partial charge in [0.1, 0.15) is 110 Å². The Hall–Kier alpha value is -1.30. The van der Waals surface area contributed by atoms with Crippen LogP contribution in [-0.2, 0) is 47.4 Å². The highest BCUT2D eigenvalue weighted by molar-refractivity contribution is 5.21.